The molecule has 0 aliphatic carbocycles. The lowest BCUT2D eigenvalue weighted by Crippen LogP contribution is -2.07. The summed E-state index contributed by atoms with van der Waals surface area (Å²) in [6.07, 6.45) is 1.45. The summed E-state index contributed by atoms with van der Waals surface area (Å²) in [5.74, 6) is 1.02. The van der Waals surface area contributed by atoms with Crippen molar-refractivity contribution in [3.8, 4) is 5.88 Å². The Kier molecular flexibility index (Phi) is 7.29. The van der Waals surface area contributed by atoms with Gasteiger partial charge in [0.15, 0.2) is 0 Å². The molecule has 7 heteroatoms. The van der Waals surface area contributed by atoms with Crippen molar-refractivity contribution >= 4 is 7.82 Å². The van der Waals surface area contributed by atoms with Crippen LogP contribution in [0.25, 0.3) is 0 Å². The van der Waals surface area contributed by atoms with Gasteiger partial charge >= 0.3 is 7.82 Å². The Morgan fingerprint density at radius 3 is 2.19 bits per heavy atom. The number of hydrogen-bond donors (Lipinski definition) is 0. The van der Waals surface area contributed by atoms with Gasteiger partial charge < -0.3 is 4.52 Å². The lowest BCUT2D eigenvalue weighted by molar-refractivity contribution is 0.154. The van der Waals surface area contributed by atoms with Crippen molar-refractivity contribution in [2.45, 2.75) is 53.4 Å². The molecular weight excluding hydrogens is 291 g/mol. The first kappa shape index (κ1) is 18.1. The van der Waals surface area contributed by atoms with E-state index in [0.29, 0.717) is 19.0 Å². The van der Waals surface area contributed by atoms with Crippen molar-refractivity contribution < 1.29 is 18.1 Å². The van der Waals surface area contributed by atoms with Crippen molar-refractivity contribution in [2.24, 2.45) is 0 Å². The van der Waals surface area contributed by atoms with E-state index in [-0.39, 0.29) is 11.8 Å². The molecule has 0 aliphatic heterocycles. The van der Waals surface area contributed by atoms with E-state index >= 15 is 0 Å². The SMILES string of the molecule is CCCOP(=O)(OCCC)Oc1cc(C)nc(C(C)C)n1. The number of phosphoric acid groups is 1. The second kappa shape index (κ2) is 8.47. The molecule has 0 bridgehead atoms. The van der Waals surface area contributed by atoms with Gasteiger partial charge in [-0.05, 0) is 19.8 Å². The van der Waals surface area contributed by atoms with Crippen LogP contribution in [0.5, 0.6) is 5.88 Å². The standard InChI is InChI=1S/C14H25N2O4P/c1-6-8-18-21(17,19-9-7-2)20-13-10-12(5)15-14(16-13)11(3)4/h10-11H,6-9H2,1-5H3. The number of rotatable bonds is 9. The Balaban J connectivity index is 2.94. The number of aromatic nitrogens is 2. The van der Waals surface area contributed by atoms with Crippen LogP contribution in [-0.4, -0.2) is 23.2 Å². The lowest BCUT2D eigenvalue weighted by Gasteiger charge is -2.18. The Hall–Kier alpha value is -0.970. The third-order valence-corrected chi connectivity index (χ3v) is 3.89. The van der Waals surface area contributed by atoms with E-state index in [1.165, 1.54) is 0 Å². The Bertz CT molecular complexity index is 482. The smallest absolute Gasteiger partial charge is 0.385 e. The van der Waals surface area contributed by atoms with Gasteiger partial charge in [-0.1, -0.05) is 27.7 Å². The highest BCUT2D eigenvalue weighted by Gasteiger charge is 2.29. The molecule has 0 radical (unpaired) electrons. The van der Waals surface area contributed by atoms with Gasteiger partial charge in [0.1, 0.15) is 5.82 Å². The van der Waals surface area contributed by atoms with Gasteiger partial charge in [0, 0.05) is 17.7 Å². The van der Waals surface area contributed by atoms with Crippen molar-refractivity contribution in [1.82, 2.24) is 9.97 Å². The molecule has 120 valence electrons. The van der Waals surface area contributed by atoms with Crippen LogP contribution in [0.2, 0.25) is 0 Å². The van der Waals surface area contributed by atoms with Gasteiger partial charge in [0.2, 0.25) is 5.88 Å². The third-order valence-electron chi connectivity index (χ3n) is 2.48. The molecule has 0 spiro atoms. The van der Waals surface area contributed by atoms with Gasteiger partial charge in [0.05, 0.1) is 13.2 Å². The fourth-order valence-electron chi connectivity index (χ4n) is 1.48. The van der Waals surface area contributed by atoms with Crippen LogP contribution in [0, 0.1) is 6.92 Å². The first-order valence-corrected chi connectivity index (χ1v) is 8.80. The fraction of sp³-hybridized carbons (Fsp3) is 0.714. The van der Waals surface area contributed by atoms with Crippen LogP contribution in [0.1, 0.15) is 58.0 Å². The molecule has 21 heavy (non-hydrogen) atoms. The summed E-state index contributed by atoms with van der Waals surface area (Å²) in [6, 6.07) is 1.63. The molecule has 1 aromatic rings. The van der Waals surface area contributed by atoms with E-state index < -0.39 is 7.82 Å². The normalized spacial score (nSPS) is 11.9. The first-order chi connectivity index (χ1) is 9.90. The van der Waals surface area contributed by atoms with E-state index in [1.54, 1.807) is 6.07 Å². The minimum atomic E-state index is -3.63. The summed E-state index contributed by atoms with van der Waals surface area (Å²) in [5, 5.41) is 0. The lowest BCUT2D eigenvalue weighted by atomic mass is 10.2. The highest BCUT2D eigenvalue weighted by atomic mass is 31.2. The van der Waals surface area contributed by atoms with Crippen LogP contribution in [0.15, 0.2) is 6.07 Å². The number of hydrogen-bond acceptors (Lipinski definition) is 6. The van der Waals surface area contributed by atoms with E-state index in [1.807, 2.05) is 34.6 Å². The van der Waals surface area contributed by atoms with E-state index in [9.17, 15) is 4.57 Å². The monoisotopic (exact) mass is 316 g/mol. The van der Waals surface area contributed by atoms with Gasteiger partial charge in [-0.3, -0.25) is 9.05 Å². The molecule has 0 aromatic carbocycles. The molecule has 0 fully saturated rings. The minimum Gasteiger partial charge on any atom is -0.385 e. The highest BCUT2D eigenvalue weighted by Crippen LogP contribution is 2.49. The van der Waals surface area contributed by atoms with Crippen LogP contribution < -0.4 is 4.52 Å². The van der Waals surface area contributed by atoms with Gasteiger partial charge in [-0.2, -0.15) is 4.98 Å². The molecular formula is C14H25N2O4P. The van der Waals surface area contributed by atoms with E-state index in [2.05, 4.69) is 9.97 Å². The number of nitrogens with zero attached hydrogens (tertiary/aromatic N) is 2. The summed E-state index contributed by atoms with van der Waals surface area (Å²) in [6.45, 7) is 10.3. The molecule has 0 saturated heterocycles. The zero-order valence-electron chi connectivity index (χ0n) is 13.5. The second-order valence-electron chi connectivity index (χ2n) is 5.07. The third kappa shape index (κ3) is 6.12. The van der Waals surface area contributed by atoms with Crippen LogP contribution in [0.3, 0.4) is 0 Å². The van der Waals surface area contributed by atoms with Crippen molar-refractivity contribution in [3.63, 3.8) is 0 Å². The fourth-order valence-corrected chi connectivity index (χ4v) is 2.79. The minimum absolute atomic E-state index is 0.153. The zero-order chi connectivity index (χ0) is 15.9. The molecule has 0 saturated carbocycles. The van der Waals surface area contributed by atoms with E-state index in [0.717, 1.165) is 18.5 Å². The van der Waals surface area contributed by atoms with Crippen LogP contribution in [-0.2, 0) is 13.6 Å². The van der Waals surface area contributed by atoms with Crippen molar-refractivity contribution in [3.05, 3.63) is 17.6 Å². The quantitative estimate of drug-likeness (QED) is 0.634. The predicted molar refractivity (Wildman–Crippen MR) is 81.6 cm³/mol. The summed E-state index contributed by atoms with van der Waals surface area (Å²) < 4.78 is 28.6. The molecule has 6 nitrogen and oxygen atoms in total. The maximum Gasteiger partial charge on any atom is 0.531 e. The van der Waals surface area contributed by atoms with Gasteiger partial charge in [0.25, 0.3) is 0 Å². The molecule has 0 atom stereocenters. The highest BCUT2D eigenvalue weighted by molar-refractivity contribution is 7.48. The van der Waals surface area contributed by atoms with Crippen LogP contribution in [0.4, 0.5) is 0 Å². The Labute approximate surface area is 126 Å². The maximum atomic E-state index is 12.6. The maximum absolute atomic E-state index is 12.6. The van der Waals surface area contributed by atoms with Gasteiger partial charge in [-0.15, -0.1) is 0 Å². The first-order valence-electron chi connectivity index (χ1n) is 7.34. The number of aryl methyl sites for hydroxylation is 1. The van der Waals surface area contributed by atoms with Crippen molar-refractivity contribution in [2.75, 3.05) is 13.2 Å². The van der Waals surface area contributed by atoms with Gasteiger partial charge in [-0.25, -0.2) is 9.55 Å². The molecule has 0 N–H and O–H groups in total. The largest absolute Gasteiger partial charge is 0.531 e. The average Bonchev–Trinajstić information content (AvgIpc) is 2.42. The molecule has 1 rings (SSSR count). The van der Waals surface area contributed by atoms with E-state index in [4.69, 9.17) is 13.6 Å². The topological polar surface area (TPSA) is 70.5 Å². The summed E-state index contributed by atoms with van der Waals surface area (Å²) in [5.41, 5.74) is 0.751. The molecule has 0 aliphatic rings. The molecule has 0 amide bonds. The predicted octanol–water partition coefficient (Wildman–Crippen LogP) is 4.25. The Morgan fingerprint density at radius 1 is 1.14 bits per heavy atom. The van der Waals surface area contributed by atoms with Crippen molar-refractivity contribution in [1.29, 1.82) is 0 Å². The average molecular weight is 316 g/mol. The molecule has 0 unspecified atom stereocenters. The molecule has 1 heterocycles. The Morgan fingerprint density at radius 2 is 1.71 bits per heavy atom. The summed E-state index contributed by atoms with van der Waals surface area (Å²) in [4.78, 5) is 8.59. The summed E-state index contributed by atoms with van der Waals surface area (Å²) in [7, 11) is -3.63. The second-order valence-corrected chi connectivity index (χ2v) is 6.66. The number of phosphoric ester groups is 1. The molecule has 1 aromatic heterocycles. The zero-order valence-corrected chi connectivity index (χ0v) is 14.4. The van der Waals surface area contributed by atoms with Crippen LogP contribution >= 0.6 is 7.82 Å². The summed E-state index contributed by atoms with van der Waals surface area (Å²) >= 11 is 0.